The monoisotopic (exact) mass is 383 g/mol. The van der Waals surface area contributed by atoms with E-state index in [1.165, 1.54) is 37.6 Å². The second-order valence-corrected chi connectivity index (χ2v) is 8.12. The lowest BCUT2D eigenvalue weighted by Crippen LogP contribution is -2.46. The second kappa shape index (κ2) is 7.53. The van der Waals surface area contributed by atoms with Gasteiger partial charge in [0.15, 0.2) is 5.00 Å². The molecule has 1 aliphatic heterocycles. The summed E-state index contributed by atoms with van der Waals surface area (Å²) in [5.74, 6) is -1.04. The summed E-state index contributed by atoms with van der Waals surface area (Å²) in [6.45, 7) is 1.95. The third-order valence-electron chi connectivity index (χ3n) is 4.57. The topological polar surface area (TPSA) is 75.4 Å². The van der Waals surface area contributed by atoms with E-state index in [0.717, 1.165) is 6.07 Å². The molecule has 1 N–H and O–H groups in total. The molecule has 1 aromatic heterocycles. The number of nitrogens with one attached hydrogen (secondary N) is 1. The van der Waals surface area contributed by atoms with Crippen molar-refractivity contribution in [2.24, 2.45) is 5.92 Å². The van der Waals surface area contributed by atoms with E-state index in [4.69, 9.17) is 0 Å². The van der Waals surface area contributed by atoms with Crippen molar-refractivity contribution in [3.63, 3.8) is 0 Å². The molecular formula is C17H19F2N3O3S. The molecule has 3 rings (SSSR count). The SMILES string of the molecule is CC(F)(C1CCN(C(=O)Nc2cnoc2)CC1)S(=O)c1cccc(F)c1. The minimum Gasteiger partial charge on any atom is -0.363 e. The molecule has 0 aliphatic carbocycles. The van der Waals surface area contributed by atoms with Crippen molar-refractivity contribution in [1.82, 2.24) is 10.1 Å². The van der Waals surface area contributed by atoms with Gasteiger partial charge in [-0.1, -0.05) is 11.2 Å². The Bertz CT molecular complexity index is 790. The summed E-state index contributed by atoms with van der Waals surface area (Å²) in [5.41, 5.74) is 0.444. The van der Waals surface area contributed by atoms with Crippen LogP contribution in [0.15, 0.2) is 46.1 Å². The molecule has 0 saturated carbocycles. The number of anilines is 1. The Morgan fingerprint density at radius 3 is 2.77 bits per heavy atom. The van der Waals surface area contributed by atoms with Crippen molar-refractivity contribution in [3.8, 4) is 0 Å². The van der Waals surface area contributed by atoms with E-state index in [9.17, 15) is 13.4 Å². The molecule has 0 radical (unpaired) electrons. The van der Waals surface area contributed by atoms with E-state index in [1.807, 2.05) is 0 Å². The third-order valence-corrected chi connectivity index (χ3v) is 6.31. The van der Waals surface area contributed by atoms with Crippen LogP contribution in [0.1, 0.15) is 19.8 Å². The molecule has 26 heavy (non-hydrogen) atoms. The number of aromatic nitrogens is 1. The van der Waals surface area contributed by atoms with Crippen LogP contribution in [0.5, 0.6) is 0 Å². The number of benzene rings is 1. The van der Waals surface area contributed by atoms with Crippen molar-refractivity contribution < 1.29 is 22.3 Å². The lowest BCUT2D eigenvalue weighted by atomic mass is 9.92. The van der Waals surface area contributed by atoms with Gasteiger partial charge < -0.3 is 14.7 Å². The van der Waals surface area contributed by atoms with Crippen LogP contribution in [0, 0.1) is 11.7 Å². The molecule has 2 heterocycles. The molecule has 0 spiro atoms. The van der Waals surface area contributed by atoms with Gasteiger partial charge in [0.2, 0.25) is 0 Å². The summed E-state index contributed by atoms with van der Waals surface area (Å²) in [7, 11) is -2.00. The van der Waals surface area contributed by atoms with Crippen molar-refractivity contribution in [1.29, 1.82) is 0 Å². The van der Waals surface area contributed by atoms with Gasteiger partial charge in [-0.3, -0.25) is 4.21 Å². The fourth-order valence-electron chi connectivity index (χ4n) is 3.03. The fraction of sp³-hybridized carbons (Fsp3) is 0.412. The minimum absolute atomic E-state index is 0.127. The van der Waals surface area contributed by atoms with Crippen molar-refractivity contribution in [2.45, 2.75) is 29.7 Å². The maximum atomic E-state index is 15.3. The molecule has 6 nitrogen and oxygen atoms in total. The number of hydrogen-bond acceptors (Lipinski definition) is 4. The van der Waals surface area contributed by atoms with Gasteiger partial charge in [-0.25, -0.2) is 13.6 Å². The van der Waals surface area contributed by atoms with Gasteiger partial charge in [0.1, 0.15) is 17.8 Å². The molecule has 0 bridgehead atoms. The number of rotatable bonds is 4. The van der Waals surface area contributed by atoms with Gasteiger partial charge in [-0.15, -0.1) is 0 Å². The van der Waals surface area contributed by atoms with Crippen LogP contribution < -0.4 is 5.32 Å². The van der Waals surface area contributed by atoms with Crippen LogP contribution in [0.4, 0.5) is 19.3 Å². The maximum Gasteiger partial charge on any atom is 0.321 e. The highest BCUT2D eigenvalue weighted by molar-refractivity contribution is 7.86. The van der Waals surface area contributed by atoms with E-state index < -0.39 is 27.5 Å². The summed E-state index contributed by atoms with van der Waals surface area (Å²) in [4.78, 5) is 13.9. The quantitative estimate of drug-likeness (QED) is 0.876. The van der Waals surface area contributed by atoms with Crippen LogP contribution >= 0.6 is 0 Å². The largest absolute Gasteiger partial charge is 0.363 e. The Morgan fingerprint density at radius 2 is 2.15 bits per heavy atom. The standard InChI is InChI=1S/C17H19F2N3O3S/c1-17(19,26(24)15-4-2-3-13(18)9-15)12-5-7-22(8-6-12)16(23)21-14-10-20-25-11-14/h2-4,9-12H,5-8H2,1H3,(H,21,23). The van der Waals surface area contributed by atoms with Crippen LogP contribution in [-0.2, 0) is 10.8 Å². The zero-order valence-corrected chi connectivity index (χ0v) is 15.0. The molecule has 1 saturated heterocycles. The normalized spacial score (nSPS) is 19.0. The average Bonchev–Trinajstić information content (AvgIpc) is 3.14. The Hall–Kier alpha value is -2.29. The molecule has 2 amide bonds. The molecule has 1 fully saturated rings. The number of halogens is 2. The first-order chi connectivity index (χ1) is 12.4. The van der Waals surface area contributed by atoms with E-state index >= 15 is 4.39 Å². The highest BCUT2D eigenvalue weighted by Gasteiger charge is 2.43. The zero-order valence-electron chi connectivity index (χ0n) is 14.2. The number of likely N-dealkylation sites (tertiary alicyclic amines) is 1. The lowest BCUT2D eigenvalue weighted by Gasteiger charge is -2.37. The lowest BCUT2D eigenvalue weighted by molar-refractivity contribution is 0.121. The summed E-state index contributed by atoms with van der Waals surface area (Å²) in [6.07, 6.45) is 3.42. The van der Waals surface area contributed by atoms with Crippen LogP contribution in [-0.4, -0.2) is 38.4 Å². The predicted octanol–water partition coefficient (Wildman–Crippen LogP) is 3.55. The highest BCUT2D eigenvalue weighted by Crippen LogP contribution is 2.37. The molecule has 2 aromatic rings. The van der Waals surface area contributed by atoms with Crippen molar-refractivity contribution >= 4 is 22.5 Å². The number of alkyl halides is 1. The van der Waals surface area contributed by atoms with Gasteiger partial charge in [0.05, 0.1) is 17.0 Å². The third kappa shape index (κ3) is 3.92. The predicted molar refractivity (Wildman–Crippen MR) is 92.1 cm³/mol. The van der Waals surface area contributed by atoms with Gasteiger partial charge in [0, 0.05) is 23.9 Å². The van der Waals surface area contributed by atoms with E-state index in [0.29, 0.717) is 31.6 Å². The second-order valence-electron chi connectivity index (χ2n) is 6.32. The molecular weight excluding hydrogens is 364 g/mol. The number of piperidine rings is 1. The summed E-state index contributed by atoms with van der Waals surface area (Å²) in [6, 6.07) is 4.87. The van der Waals surface area contributed by atoms with Gasteiger partial charge in [-0.2, -0.15) is 0 Å². The first-order valence-electron chi connectivity index (χ1n) is 8.19. The van der Waals surface area contributed by atoms with Crippen LogP contribution in [0.25, 0.3) is 0 Å². The number of urea groups is 1. The van der Waals surface area contributed by atoms with Crippen LogP contribution in [0.3, 0.4) is 0 Å². The highest BCUT2D eigenvalue weighted by atomic mass is 32.2. The number of carbonyl (C=O) groups is 1. The molecule has 140 valence electrons. The van der Waals surface area contributed by atoms with Gasteiger partial charge in [-0.05, 0) is 38.0 Å². The van der Waals surface area contributed by atoms with Crippen LogP contribution in [0.2, 0.25) is 0 Å². The summed E-state index contributed by atoms with van der Waals surface area (Å²) < 4.78 is 45.8. The fourth-order valence-corrected chi connectivity index (χ4v) is 4.45. The first kappa shape index (κ1) is 18.5. The molecule has 1 aromatic carbocycles. The average molecular weight is 383 g/mol. The van der Waals surface area contributed by atoms with E-state index in [2.05, 4.69) is 15.0 Å². The molecule has 2 unspecified atom stereocenters. The number of carbonyl (C=O) groups excluding carboxylic acids is 1. The summed E-state index contributed by atoms with van der Waals surface area (Å²) in [5, 5.41) is 4.13. The first-order valence-corrected chi connectivity index (χ1v) is 9.34. The van der Waals surface area contributed by atoms with Crippen molar-refractivity contribution in [2.75, 3.05) is 18.4 Å². The smallest absolute Gasteiger partial charge is 0.321 e. The molecule has 1 aliphatic rings. The number of nitrogens with zero attached hydrogens (tertiary/aromatic N) is 2. The van der Waals surface area contributed by atoms with Gasteiger partial charge in [0.25, 0.3) is 0 Å². The molecule has 9 heteroatoms. The zero-order chi connectivity index (χ0) is 18.7. The Balaban J connectivity index is 1.61. The Morgan fingerprint density at radius 1 is 1.42 bits per heavy atom. The van der Waals surface area contributed by atoms with Gasteiger partial charge >= 0.3 is 6.03 Å². The number of amides is 2. The maximum absolute atomic E-state index is 15.3. The molecule has 2 atom stereocenters. The minimum atomic E-state index is -2.01. The number of hydrogen-bond donors (Lipinski definition) is 1. The van der Waals surface area contributed by atoms with E-state index in [1.54, 1.807) is 4.90 Å². The summed E-state index contributed by atoms with van der Waals surface area (Å²) >= 11 is 0. The Kier molecular flexibility index (Phi) is 5.36. The van der Waals surface area contributed by atoms with E-state index in [-0.39, 0.29) is 10.9 Å². The Labute approximate surface area is 152 Å². The van der Waals surface area contributed by atoms with Crippen molar-refractivity contribution in [3.05, 3.63) is 42.5 Å².